The van der Waals surface area contributed by atoms with Gasteiger partial charge in [0.05, 0.1) is 0 Å². The first-order valence-corrected chi connectivity index (χ1v) is 7.08. The second kappa shape index (κ2) is 7.25. The standard InChI is InChI=1S/C17H27N/c1-5-6-7-13(2)8-9-16-10-11-17(15(4)18)14(3)12-16/h10-13H,4-9,18H2,1-3H3. The number of rotatable bonds is 7. The molecule has 0 aliphatic heterocycles. The lowest BCUT2D eigenvalue weighted by atomic mass is 9.94. The van der Waals surface area contributed by atoms with Gasteiger partial charge in [0.1, 0.15) is 0 Å². The molecule has 0 aliphatic rings. The number of hydrogen-bond acceptors (Lipinski definition) is 1. The molecule has 1 heteroatoms. The summed E-state index contributed by atoms with van der Waals surface area (Å²) in [6.45, 7) is 10.5. The highest BCUT2D eigenvalue weighted by Crippen LogP contribution is 2.19. The molecule has 1 unspecified atom stereocenters. The van der Waals surface area contributed by atoms with Crippen molar-refractivity contribution >= 4 is 5.70 Å². The molecule has 1 nitrogen and oxygen atoms in total. The number of unbranched alkanes of at least 4 members (excludes halogenated alkanes) is 1. The molecule has 100 valence electrons. The Balaban J connectivity index is 2.53. The highest BCUT2D eigenvalue weighted by atomic mass is 14.6. The van der Waals surface area contributed by atoms with Gasteiger partial charge in [-0.05, 0) is 42.4 Å². The van der Waals surface area contributed by atoms with Gasteiger partial charge >= 0.3 is 0 Å². The van der Waals surface area contributed by atoms with Gasteiger partial charge in [0.2, 0.25) is 0 Å². The highest BCUT2D eigenvalue weighted by Gasteiger charge is 2.05. The summed E-state index contributed by atoms with van der Waals surface area (Å²) in [6, 6.07) is 6.54. The normalized spacial score (nSPS) is 12.4. The maximum atomic E-state index is 5.75. The molecule has 1 atom stereocenters. The predicted molar refractivity (Wildman–Crippen MR) is 81.4 cm³/mol. The smallest absolute Gasteiger partial charge is 0.0317 e. The first-order chi connectivity index (χ1) is 8.54. The number of benzene rings is 1. The zero-order valence-electron chi connectivity index (χ0n) is 12.1. The molecule has 0 radical (unpaired) electrons. The minimum Gasteiger partial charge on any atom is -0.399 e. The van der Waals surface area contributed by atoms with Crippen LogP contribution in [0, 0.1) is 12.8 Å². The van der Waals surface area contributed by atoms with Gasteiger partial charge in [-0.3, -0.25) is 0 Å². The summed E-state index contributed by atoms with van der Waals surface area (Å²) in [7, 11) is 0. The fraction of sp³-hybridized carbons (Fsp3) is 0.529. The van der Waals surface area contributed by atoms with Crippen molar-refractivity contribution in [3.8, 4) is 0 Å². The quantitative estimate of drug-likeness (QED) is 0.741. The average molecular weight is 245 g/mol. The van der Waals surface area contributed by atoms with Crippen LogP contribution < -0.4 is 5.73 Å². The molecule has 2 N–H and O–H groups in total. The fourth-order valence-electron chi connectivity index (χ4n) is 2.35. The topological polar surface area (TPSA) is 26.0 Å². The zero-order valence-corrected chi connectivity index (χ0v) is 12.1. The maximum absolute atomic E-state index is 5.75. The van der Waals surface area contributed by atoms with Gasteiger partial charge in [0.25, 0.3) is 0 Å². The molecule has 0 heterocycles. The van der Waals surface area contributed by atoms with E-state index in [2.05, 4.69) is 45.5 Å². The monoisotopic (exact) mass is 245 g/mol. The van der Waals surface area contributed by atoms with Crippen LogP contribution in [-0.2, 0) is 6.42 Å². The van der Waals surface area contributed by atoms with Crippen molar-refractivity contribution in [1.29, 1.82) is 0 Å². The summed E-state index contributed by atoms with van der Waals surface area (Å²) in [4.78, 5) is 0. The zero-order chi connectivity index (χ0) is 13.5. The summed E-state index contributed by atoms with van der Waals surface area (Å²) in [5.41, 5.74) is 10.1. The van der Waals surface area contributed by atoms with Gasteiger partial charge in [-0.15, -0.1) is 0 Å². The molecule has 1 rings (SSSR count). The molecule has 0 saturated heterocycles. The Kier molecular flexibility index (Phi) is 5.97. The maximum Gasteiger partial charge on any atom is 0.0317 e. The lowest BCUT2D eigenvalue weighted by Gasteiger charge is -2.12. The van der Waals surface area contributed by atoms with E-state index in [1.165, 1.54) is 43.2 Å². The van der Waals surface area contributed by atoms with E-state index in [0.29, 0.717) is 5.70 Å². The van der Waals surface area contributed by atoms with Crippen LogP contribution in [0.5, 0.6) is 0 Å². The van der Waals surface area contributed by atoms with Crippen molar-refractivity contribution in [2.24, 2.45) is 11.7 Å². The van der Waals surface area contributed by atoms with E-state index in [1.807, 2.05) is 0 Å². The van der Waals surface area contributed by atoms with Crippen LogP contribution in [-0.4, -0.2) is 0 Å². The molecule has 0 aliphatic carbocycles. The van der Waals surface area contributed by atoms with Crippen molar-refractivity contribution < 1.29 is 0 Å². The van der Waals surface area contributed by atoms with Gasteiger partial charge in [-0.2, -0.15) is 0 Å². The van der Waals surface area contributed by atoms with Gasteiger partial charge in [0.15, 0.2) is 0 Å². The molecular weight excluding hydrogens is 218 g/mol. The van der Waals surface area contributed by atoms with Crippen LogP contribution in [0.1, 0.15) is 56.2 Å². The van der Waals surface area contributed by atoms with Crippen LogP contribution in [0.3, 0.4) is 0 Å². The molecule has 0 amide bonds. The lowest BCUT2D eigenvalue weighted by Crippen LogP contribution is -2.00. The summed E-state index contributed by atoms with van der Waals surface area (Å²) < 4.78 is 0. The number of nitrogens with two attached hydrogens (primary N) is 1. The molecule has 0 aromatic heterocycles. The van der Waals surface area contributed by atoms with Crippen molar-refractivity contribution in [2.75, 3.05) is 0 Å². The van der Waals surface area contributed by atoms with Gasteiger partial charge < -0.3 is 5.73 Å². The van der Waals surface area contributed by atoms with Crippen LogP contribution >= 0.6 is 0 Å². The highest BCUT2D eigenvalue weighted by molar-refractivity contribution is 5.63. The van der Waals surface area contributed by atoms with Crippen LogP contribution in [0.15, 0.2) is 24.8 Å². The molecule has 1 aromatic rings. The summed E-state index contributed by atoms with van der Waals surface area (Å²) in [6.07, 6.45) is 6.46. The van der Waals surface area contributed by atoms with E-state index in [1.54, 1.807) is 0 Å². The Morgan fingerprint density at radius 1 is 1.33 bits per heavy atom. The van der Waals surface area contributed by atoms with Crippen molar-refractivity contribution in [2.45, 2.75) is 52.9 Å². The van der Waals surface area contributed by atoms with E-state index in [0.717, 1.165) is 11.5 Å². The molecule has 0 spiro atoms. The third-order valence-corrected chi connectivity index (χ3v) is 3.61. The van der Waals surface area contributed by atoms with Crippen molar-refractivity contribution in [1.82, 2.24) is 0 Å². The molecule has 1 aromatic carbocycles. The Morgan fingerprint density at radius 2 is 2.06 bits per heavy atom. The van der Waals surface area contributed by atoms with Gasteiger partial charge in [0, 0.05) is 5.70 Å². The minimum atomic E-state index is 0.662. The van der Waals surface area contributed by atoms with Crippen molar-refractivity contribution in [3.63, 3.8) is 0 Å². The Hall–Kier alpha value is -1.24. The first kappa shape index (κ1) is 14.8. The van der Waals surface area contributed by atoms with E-state index in [9.17, 15) is 0 Å². The number of aryl methyl sites for hydroxylation is 2. The van der Waals surface area contributed by atoms with Crippen LogP contribution in [0.25, 0.3) is 5.70 Å². The summed E-state index contributed by atoms with van der Waals surface area (Å²) >= 11 is 0. The minimum absolute atomic E-state index is 0.662. The molecule has 0 fully saturated rings. The predicted octanol–water partition coefficient (Wildman–Crippen LogP) is 4.68. The second-order valence-corrected chi connectivity index (χ2v) is 5.46. The third-order valence-electron chi connectivity index (χ3n) is 3.61. The van der Waals surface area contributed by atoms with Crippen LogP contribution in [0.2, 0.25) is 0 Å². The molecule has 0 bridgehead atoms. The first-order valence-electron chi connectivity index (χ1n) is 7.08. The Morgan fingerprint density at radius 3 is 2.61 bits per heavy atom. The summed E-state index contributed by atoms with van der Waals surface area (Å²) in [5.74, 6) is 0.828. The fourth-order valence-corrected chi connectivity index (χ4v) is 2.35. The summed E-state index contributed by atoms with van der Waals surface area (Å²) in [5, 5.41) is 0. The second-order valence-electron chi connectivity index (χ2n) is 5.46. The van der Waals surface area contributed by atoms with Gasteiger partial charge in [-0.25, -0.2) is 0 Å². The average Bonchev–Trinajstić information content (AvgIpc) is 2.33. The Labute approximate surface area is 112 Å². The van der Waals surface area contributed by atoms with E-state index >= 15 is 0 Å². The Bertz CT molecular complexity index is 393. The number of hydrogen-bond donors (Lipinski definition) is 1. The SMILES string of the molecule is C=C(N)c1ccc(CCC(C)CCCC)cc1C. The third kappa shape index (κ3) is 4.56. The van der Waals surface area contributed by atoms with E-state index in [4.69, 9.17) is 5.73 Å². The van der Waals surface area contributed by atoms with E-state index < -0.39 is 0 Å². The molecular formula is C17H27N. The van der Waals surface area contributed by atoms with Gasteiger partial charge in [-0.1, -0.05) is 57.9 Å². The molecule has 18 heavy (non-hydrogen) atoms. The van der Waals surface area contributed by atoms with Crippen molar-refractivity contribution in [3.05, 3.63) is 41.5 Å². The lowest BCUT2D eigenvalue weighted by molar-refractivity contribution is 0.472. The largest absolute Gasteiger partial charge is 0.399 e. The van der Waals surface area contributed by atoms with Crippen LogP contribution in [0.4, 0.5) is 0 Å². The van der Waals surface area contributed by atoms with E-state index in [-0.39, 0.29) is 0 Å². The molecule has 0 saturated carbocycles.